The van der Waals surface area contributed by atoms with Gasteiger partial charge in [-0.1, -0.05) is 87.9 Å². The Bertz CT molecular complexity index is 815. The van der Waals surface area contributed by atoms with E-state index in [1.807, 2.05) is 12.1 Å². The van der Waals surface area contributed by atoms with Crippen LogP contribution in [0.2, 0.25) is 0 Å². The Kier molecular flexibility index (Phi) is 7.85. The lowest BCUT2D eigenvalue weighted by atomic mass is 9.73. The van der Waals surface area contributed by atoms with Crippen molar-refractivity contribution in [3.05, 3.63) is 71.3 Å². The highest BCUT2D eigenvalue weighted by atomic mass is 14.3. The third-order valence-corrected chi connectivity index (χ3v) is 8.36. The van der Waals surface area contributed by atoms with Crippen molar-refractivity contribution >= 4 is 0 Å². The van der Waals surface area contributed by atoms with E-state index < -0.39 is 0 Å². The predicted molar refractivity (Wildman–Crippen MR) is 130 cm³/mol. The van der Waals surface area contributed by atoms with Crippen molar-refractivity contribution in [2.45, 2.75) is 89.4 Å². The fourth-order valence-electron chi connectivity index (χ4n) is 6.26. The molecule has 31 heavy (non-hydrogen) atoms. The van der Waals surface area contributed by atoms with Crippen LogP contribution in [0, 0.1) is 29.1 Å². The van der Waals surface area contributed by atoms with Crippen LogP contribution in [0.1, 0.15) is 106 Å². The van der Waals surface area contributed by atoms with E-state index in [0.29, 0.717) is 11.8 Å². The molecular weight excluding hydrogens is 374 g/mol. The van der Waals surface area contributed by atoms with Crippen molar-refractivity contribution in [3.63, 3.8) is 0 Å². The maximum absolute atomic E-state index is 8.99. The first-order valence-electron chi connectivity index (χ1n) is 12.8. The summed E-state index contributed by atoms with van der Waals surface area (Å²) in [5.74, 6) is 4.29. The van der Waals surface area contributed by atoms with E-state index >= 15 is 0 Å². The number of hydrogen-bond acceptors (Lipinski definition) is 1. The monoisotopic (exact) mass is 413 g/mol. The molecular formula is C30H39N. The predicted octanol–water partition coefficient (Wildman–Crippen LogP) is 8.61. The first kappa shape index (κ1) is 22.1. The fourth-order valence-corrected chi connectivity index (χ4v) is 6.26. The van der Waals surface area contributed by atoms with Crippen molar-refractivity contribution in [2.75, 3.05) is 0 Å². The van der Waals surface area contributed by atoms with Crippen LogP contribution in [-0.4, -0.2) is 0 Å². The zero-order chi connectivity index (χ0) is 21.5. The van der Waals surface area contributed by atoms with Crippen LogP contribution < -0.4 is 0 Å². The summed E-state index contributed by atoms with van der Waals surface area (Å²) < 4.78 is 0. The van der Waals surface area contributed by atoms with Gasteiger partial charge < -0.3 is 0 Å². The normalized spacial score (nSPS) is 27.4. The molecule has 0 bridgehead atoms. The summed E-state index contributed by atoms with van der Waals surface area (Å²) in [4.78, 5) is 0. The van der Waals surface area contributed by atoms with Gasteiger partial charge in [-0.05, 0) is 85.0 Å². The summed E-state index contributed by atoms with van der Waals surface area (Å²) in [5.41, 5.74) is 3.74. The van der Waals surface area contributed by atoms with Crippen molar-refractivity contribution in [1.82, 2.24) is 0 Å². The van der Waals surface area contributed by atoms with E-state index in [1.54, 1.807) is 0 Å². The Morgan fingerprint density at radius 3 is 1.87 bits per heavy atom. The molecule has 4 rings (SSSR count). The second-order valence-corrected chi connectivity index (χ2v) is 10.5. The van der Waals surface area contributed by atoms with E-state index in [4.69, 9.17) is 5.26 Å². The molecule has 2 aromatic carbocycles. The van der Waals surface area contributed by atoms with E-state index in [1.165, 1.54) is 81.8 Å². The largest absolute Gasteiger partial charge is 0.192 e. The maximum Gasteiger partial charge on any atom is 0.0991 e. The zero-order valence-corrected chi connectivity index (χ0v) is 19.3. The lowest BCUT2D eigenvalue weighted by molar-refractivity contribution is 0.220. The van der Waals surface area contributed by atoms with Crippen LogP contribution in [0.3, 0.4) is 0 Å². The summed E-state index contributed by atoms with van der Waals surface area (Å²) >= 11 is 0. The highest BCUT2D eigenvalue weighted by Gasteiger charge is 2.26. The Morgan fingerprint density at radius 2 is 1.29 bits per heavy atom. The van der Waals surface area contributed by atoms with Gasteiger partial charge in [0, 0.05) is 0 Å². The van der Waals surface area contributed by atoms with Crippen LogP contribution in [0.4, 0.5) is 0 Å². The fraction of sp³-hybridized carbons (Fsp3) is 0.567. The Morgan fingerprint density at radius 1 is 0.742 bits per heavy atom. The summed E-state index contributed by atoms with van der Waals surface area (Å²) in [6, 6.07) is 21.6. The van der Waals surface area contributed by atoms with E-state index in [0.717, 1.165) is 23.3 Å². The van der Waals surface area contributed by atoms with Crippen LogP contribution in [0.15, 0.2) is 54.6 Å². The van der Waals surface area contributed by atoms with Gasteiger partial charge in [-0.25, -0.2) is 0 Å². The molecule has 1 atom stereocenters. The Balaban J connectivity index is 1.13. The van der Waals surface area contributed by atoms with E-state index in [9.17, 15) is 0 Å². The van der Waals surface area contributed by atoms with Crippen molar-refractivity contribution in [3.8, 4) is 6.07 Å². The molecule has 2 aromatic rings. The SMILES string of the molecule is C[C@@H](CC1CCC(CCC2CCC(c3ccc(C#N)cc3)CC2)CC1)c1ccccc1. The molecule has 2 aliphatic rings. The summed E-state index contributed by atoms with van der Waals surface area (Å²) in [7, 11) is 0. The summed E-state index contributed by atoms with van der Waals surface area (Å²) in [5, 5.41) is 8.99. The molecule has 2 fully saturated rings. The molecule has 2 aliphatic carbocycles. The van der Waals surface area contributed by atoms with Gasteiger partial charge in [0.2, 0.25) is 0 Å². The molecule has 0 amide bonds. The molecule has 0 radical (unpaired) electrons. The van der Waals surface area contributed by atoms with E-state index in [-0.39, 0.29) is 0 Å². The molecule has 0 aromatic heterocycles. The standard InChI is InChI=1S/C30H39N/c1-23(28-5-3-2-4-6-28)21-26-11-9-24(10-12-26)7-8-25-13-17-29(18-14-25)30-19-15-27(22-31)16-20-30/h2-6,15-16,19-20,23-26,29H,7-14,17-18,21H2,1H3/t23-,24?,25?,26?,29?/m0/s1. The molecule has 0 N–H and O–H groups in total. The van der Waals surface area contributed by atoms with Gasteiger partial charge in [0.1, 0.15) is 0 Å². The topological polar surface area (TPSA) is 23.8 Å². The number of benzene rings is 2. The van der Waals surface area contributed by atoms with E-state index in [2.05, 4.69) is 55.5 Å². The molecule has 1 nitrogen and oxygen atoms in total. The maximum atomic E-state index is 8.99. The summed E-state index contributed by atoms with van der Waals surface area (Å²) in [6.45, 7) is 2.41. The second kappa shape index (κ2) is 11.0. The first-order valence-corrected chi connectivity index (χ1v) is 12.8. The average Bonchev–Trinajstić information content (AvgIpc) is 2.84. The average molecular weight is 414 g/mol. The number of nitriles is 1. The van der Waals surface area contributed by atoms with Crippen molar-refractivity contribution in [2.24, 2.45) is 17.8 Å². The molecule has 1 heteroatoms. The van der Waals surface area contributed by atoms with Gasteiger partial charge in [0.15, 0.2) is 0 Å². The molecule has 2 saturated carbocycles. The minimum Gasteiger partial charge on any atom is -0.192 e. The van der Waals surface area contributed by atoms with Crippen molar-refractivity contribution in [1.29, 1.82) is 5.26 Å². The number of nitrogens with zero attached hydrogens (tertiary/aromatic N) is 1. The van der Waals surface area contributed by atoms with Gasteiger partial charge in [-0.2, -0.15) is 5.26 Å². The Labute approximate surface area is 189 Å². The molecule has 0 saturated heterocycles. The van der Waals surface area contributed by atoms with Crippen LogP contribution in [-0.2, 0) is 0 Å². The number of rotatable bonds is 7. The first-order chi connectivity index (χ1) is 15.2. The lowest BCUT2D eigenvalue weighted by Gasteiger charge is -2.33. The third-order valence-electron chi connectivity index (χ3n) is 8.36. The molecule has 0 spiro atoms. The van der Waals surface area contributed by atoms with Crippen LogP contribution >= 0.6 is 0 Å². The highest BCUT2D eigenvalue weighted by Crippen LogP contribution is 2.41. The van der Waals surface area contributed by atoms with Gasteiger partial charge in [0.05, 0.1) is 11.6 Å². The molecule has 0 unspecified atom stereocenters. The third kappa shape index (κ3) is 6.22. The van der Waals surface area contributed by atoms with Gasteiger partial charge >= 0.3 is 0 Å². The van der Waals surface area contributed by atoms with Crippen molar-refractivity contribution < 1.29 is 0 Å². The quantitative estimate of drug-likeness (QED) is 0.445. The molecule has 0 heterocycles. The second-order valence-electron chi connectivity index (χ2n) is 10.5. The van der Waals surface area contributed by atoms with Gasteiger partial charge in [-0.15, -0.1) is 0 Å². The van der Waals surface area contributed by atoms with Gasteiger partial charge in [0.25, 0.3) is 0 Å². The smallest absolute Gasteiger partial charge is 0.0991 e. The lowest BCUT2D eigenvalue weighted by Crippen LogP contribution is -2.18. The van der Waals surface area contributed by atoms with Crippen LogP contribution in [0.5, 0.6) is 0 Å². The highest BCUT2D eigenvalue weighted by molar-refractivity contribution is 5.33. The van der Waals surface area contributed by atoms with Gasteiger partial charge in [-0.3, -0.25) is 0 Å². The summed E-state index contributed by atoms with van der Waals surface area (Å²) in [6.07, 6.45) is 15.6. The molecule has 0 aliphatic heterocycles. The minimum absolute atomic E-state index is 0.703. The van der Waals surface area contributed by atoms with Crippen LogP contribution in [0.25, 0.3) is 0 Å². The number of hydrogen-bond donors (Lipinski definition) is 0. The Hall–Kier alpha value is -2.07. The zero-order valence-electron chi connectivity index (χ0n) is 19.3. The molecule has 164 valence electrons. The minimum atomic E-state index is 0.703.